The lowest BCUT2D eigenvalue weighted by molar-refractivity contribution is 0.577. The van der Waals surface area contributed by atoms with Gasteiger partial charge in [0.15, 0.2) is 5.13 Å². The van der Waals surface area contributed by atoms with Gasteiger partial charge in [0.05, 0.1) is 10.9 Å². The molecule has 0 aliphatic rings. The monoisotopic (exact) mass is 263 g/mol. The number of sulfonamides is 1. The molecule has 16 heavy (non-hydrogen) atoms. The third-order valence-corrected chi connectivity index (χ3v) is 4.91. The molecule has 1 rings (SSSR count). The molecular formula is C9H17N3O2S2. The molecule has 7 heteroatoms. The fourth-order valence-corrected chi connectivity index (χ4v) is 2.60. The van der Waals surface area contributed by atoms with Gasteiger partial charge in [0.25, 0.3) is 0 Å². The van der Waals surface area contributed by atoms with Gasteiger partial charge in [0.2, 0.25) is 10.0 Å². The van der Waals surface area contributed by atoms with Crippen LogP contribution in [0.5, 0.6) is 0 Å². The summed E-state index contributed by atoms with van der Waals surface area (Å²) in [7, 11) is -1.78. The normalized spacial score (nSPS) is 13.7. The highest BCUT2D eigenvalue weighted by Crippen LogP contribution is 2.15. The van der Waals surface area contributed by atoms with Crippen LogP contribution in [-0.4, -0.2) is 32.2 Å². The summed E-state index contributed by atoms with van der Waals surface area (Å²) in [6.07, 6.45) is 0.891. The van der Waals surface area contributed by atoms with E-state index in [-0.39, 0.29) is 0 Å². The summed E-state index contributed by atoms with van der Waals surface area (Å²) in [5.41, 5.74) is 1.02. The van der Waals surface area contributed by atoms with Crippen molar-refractivity contribution in [1.29, 1.82) is 0 Å². The van der Waals surface area contributed by atoms with Crippen molar-refractivity contribution in [3.8, 4) is 0 Å². The first-order valence-corrected chi connectivity index (χ1v) is 7.52. The average Bonchev–Trinajstić information content (AvgIpc) is 2.73. The van der Waals surface area contributed by atoms with Crippen molar-refractivity contribution in [3.63, 3.8) is 0 Å². The maximum Gasteiger partial charge on any atom is 0.215 e. The number of hydrogen-bond donors (Lipinski definition) is 2. The molecule has 0 saturated heterocycles. The Morgan fingerprint density at radius 1 is 1.56 bits per heavy atom. The van der Waals surface area contributed by atoms with Crippen LogP contribution in [0.25, 0.3) is 0 Å². The smallest absolute Gasteiger partial charge is 0.215 e. The van der Waals surface area contributed by atoms with E-state index < -0.39 is 15.3 Å². The molecule has 0 aromatic carbocycles. The van der Waals surface area contributed by atoms with Crippen LogP contribution >= 0.6 is 11.3 Å². The van der Waals surface area contributed by atoms with Crippen molar-refractivity contribution in [2.75, 3.05) is 18.9 Å². The summed E-state index contributed by atoms with van der Waals surface area (Å²) in [6, 6.07) is 0. The Morgan fingerprint density at radius 3 is 2.75 bits per heavy atom. The molecule has 1 aromatic rings. The van der Waals surface area contributed by atoms with Gasteiger partial charge in [-0.1, -0.05) is 6.92 Å². The summed E-state index contributed by atoms with van der Waals surface area (Å²) < 4.78 is 25.1. The van der Waals surface area contributed by atoms with Gasteiger partial charge in [0.1, 0.15) is 0 Å². The molecule has 1 atom stereocenters. The standard InChI is InChI=1S/C9H17N3O2S2/c1-4-8-6-15-9(12-8)11-5-7(2)16(13,14)10-3/h6-7,10H,4-5H2,1-3H3,(H,11,12)/t7-/m0/s1. The van der Waals surface area contributed by atoms with Gasteiger partial charge < -0.3 is 5.32 Å². The molecule has 2 N–H and O–H groups in total. The number of nitrogens with zero attached hydrogens (tertiary/aromatic N) is 1. The zero-order valence-electron chi connectivity index (χ0n) is 9.65. The molecule has 0 saturated carbocycles. The first-order chi connectivity index (χ1) is 7.49. The predicted octanol–water partition coefficient (Wildman–Crippen LogP) is 1.06. The minimum atomic E-state index is -3.20. The minimum Gasteiger partial charge on any atom is -0.360 e. The number of aromatic nitrogens is 1. The molecule has 0 radical (unpaired) electrons. The molecule has 1 aromatic heterocycles. The van der Waals surface area contributed by atoms with Gasteiger partial charge in [-0.15, -0.1) is 11.3 Å². The summed E-state index contributed by atoms with van der Waals surface area (Å²) in [5.74, 6) is 0. The van der Waals surface area contributed by atoms with Crippen molar-refractivity contribution >= 4 is 26.5 Å². The first kappa shape index (κ1) is 13.4. The molecule has 0 bridgehead atoms. The maximum atomic E-state index is 11.4. The second-order valence-corrected chi connectivity index (χ2v) is 6.60. The lowest BCUT2D eigenvalue weighted by atomic mass is 10.4. The van der Waals surface area contributed by atoms with Crippen molar-refractivity contribution in [1.82, 2.24) is 9.71 Å². The Labute approximate surface area is 100 Å². The van der Waals surface area contributed by atoms with Crippen LogP contribution in [0.2, 0.25) is 0 Å². The van der Waals surface area contributed by atoms with E-state index in [1.54, 1.807) is 6.92 Å². The Hall–Kier alpha value is -0.660. The van der Waals surface area contributed by atoms with Gasteiger partial charge in [-0.25, -0.2) is 18.1 Å². The van der Waals surface area contributed by atoms with Crippen LogP contribution in [-0.2, 0) is 16.4 Å². The molecule has 0 unspecified atom stereocenters. The summed E-state index contributed by atoms with van der Waals surface area (Å²) in [4.78, 5) is 4.30. The topological polar surface area (TPSA) is 71.1 Å². The molecule has 92 valence electrons. The SMILES string of the molecule is CCc1csc(NC[C@H](C)S(=O)(=O)NC)n1. The third-order valence-electron chi connectivity index (χ3n) is 2.27. The van der Waals surface area contributed by atoms with E-state index in [0.717, 1.165) is 17.2 Å². The lowest BCUT2D eigenvalue weighted by Gasteiger charge is -2.11. The number of hydrogen-bond acceptors (Lipinski definition) is 5. The van der Waals surface area contributed by atoms with E-state index >= 15 is 0 Å². The van der Waals surface area contributed by atoms with Crippen molar-refractivity contribution in [2.24, 2.45) is 0 Å². The van der Waals surface area contributed by atoms with Crippen molar-refractivity contribution in [2.45, 2.75) is 25.5 Å². The highest BCUT2D eigenvalue weighted by Gasteiger charge is 2.18. The van der Waals surface area contributed by atoms with E-state index in [4.69, 9.17) is 0 Å². The average molecular weight is 263 g/mol. The second-order valence-electron chi connectivity index (χ2n) is 3.44. The largest absolute Gasteiger partial charge is 0.360 e. The second kappa shape index (κ2) is 5.60. The molecule has 5 nitrogen and oxygen atoms in total. The zero-order valence-corrected chi connectivity index (χ0v) is 11.3. The molecule has 0 aliphatic carbocycles. The molecule has 0 amide bonds. The molecular weight excluding hydrogens is 246 g/mol. The molecule has 0 fully saturated rings. The number of thiazole rings is 1. The quantitative estimate of drug-likeness (QED) is 0.805. The van der Waals surface area contributed by atoms with E-state index in [0.29, 0.717) is 6.54 Å². The van der Waals surface area contributed by atoms with Gasteiger partial charge >= 0.3 is 0 Å². The predicted molar refractivity (Wildman–Crippen MR) is 67.4 cm³/mol. The van der Waals surface area contributed by atoms with E-state index in [2.05, 4.69) is 15.0 Å². The first-order valence-electron chi connectivity index (χ1n) is 5.10. The van der Waals surface area contributed by atoms with Crippen LogP contribution < -0.4 is 10.0 Å². The fraction of sp³-hybridized carbons (Fsp3) is 0.667. The van der Waals surface area contributed by atoms with Gasteiger partial charge in [-0.2, -0.15) is 0 Å². The van der Waals surface area contributed by atoms with Gasteiger partial charge in [0, 0.05) is 11.9 Å². The number of rotatable bonds is 6. The Balaban J connectivity index is 2.52. The van der Waals surface area contributed by atoms with Crippen LogP contribution in [0, 0.1) is 0 Å². The van der Waals surface area contributed by atoms with Crippen molar-refractivity contribution < 1.29 is 8.42 Å². The Bertz CT molecular complexity index is 428. The zero-order chi connectivity index (χ0) is 12.2. The number of anilines is 1. The summed E-state index contributed by atoms with van der Waals surface area (Å²) >= 11 is 1.50. The van der Waals surface area contributed by atoms with E-state index in [9.17, 15) is 8.42 Å². The Kier molecular flexibility index (Phi) is 4.69. The number of aryl methyl sites for hydroxylation is 1. The van der Waals surface area contributed by atoms with Gasteiger partial charge in [-0.05, 0) is 20.4 Å². The molecule has 1 heterocycles. The maximum absolute atomic E-state index is 11.4. The summed E-state index contributed by atoms with van der Waals surface area (Å²) in [5, 5.41) is 5.29. The molecule has 0 aliphatic heterocycles. The fourth-order valence-electron chi connectivity index (χ4n) is 1.09. The lowest BCUT2D eigenvalue weighted by Crippen LogP contribution is -2.34. The van der Waals surface area contributed by atoms with Gasteiger partial charge in [-0.3, -0.25) is 0 Å². The number of nitrogens with one attached hydrogen (secondary N) is 2. The van der Waals surface area contributed by atoms with Crippen LogP contribution in [0.15, 0.2) is 5.38 Å². The van der Waals surface area contributed by atoms with Crippen LogP contribution in [0.3, 0.4) is 0 Å². The minimum absolute atomic E-state index is 0.361. The van der Waals surface area contributed by atoms with E-state index in [1.165, 1.54) is 18.4 Å². The highest BCUT2D eigenvalue weighted by atomic mass is 32.2. The third kappa shape index (κ3) is 3.43. The van der Waals surface area contributed by atoms with E-state index in [1.807, 2.05) is 12.3 Å². The Morgan fingerprint density at radius 2 is 2.25 bits per heavy atom. The van der Waals surface area contributed by atoms with Crippen LogP contribution in [0.1, 0.15) is 19.5 Å². The summed E-state index contributed by atoms with van der Waals surface area (Å²) in [6.45, 7) is 4.06. The highest BCUT2D eigenvalue weighted by molar-refractivity contribution is 7.90. The van der Waals surface area contributed by atoms with Crippen LogP contribution in [0.4, 0.5) is 5.13 Å². The van der Waals surface area contributed by atoms with Crippen molar-refractivity contribution in [3.05, 3.63) is 11.1 Å². The molecule has 0 spiro atoms.